The van der Waals surface area contributed by atoms with Crippen LogP contribution in [-0.2, 0) is 11.3 Å². The Morgan fingerprint density at radius 1 is 1.06 bits per heavy atom. The molecule has 1 aliphatic carbocycles. The van der Waals surface area contributed by atoms with E-state index in [1.807, 2.05) is 9.47 Å². The molecule has 2 fully saturated rings. The second-order valence-electron chi connectivity index (χ2n) is 8.96. The number of likely N-dealkylation sites (N-methyl/N-ethyl adjacent to an activating group) is 1. The first-order valence-electron chi connectivity index (χ1n) is 11.7. The minimum atomic E-state index is -0.772. The fraction of sp³-hybridized carbons (Fsp3) is 0.385. The van der Waals surface area contributed by atoms with Crippen LogP contribution in [0.3, 0.4) is 0 Å². The molecule has 6 nitrogen and oxygen atoms in total. The number of carbonyl (C=O) groups is 1. The van der Waals surface area contributed by atoms with Crippen LogP contribution in [0.1, 0.15) is 41.7 Å². The highest BCUT2D eigenvalue weighted by molar-refractivity contribution is 5.94. The number of esters is 1. The van der Waals surface area contributed by atoms with E-state index in [-0.39, 0.29) is 29.4 Å². The molecule has 2 aromatic carbocycles. The summed E-state index contributed by atoms with van der Waals surface area (Å²) in [6, 6.07) is 8.77. The van der Waals surface area contributed by atoms with Gasteiger partial charge >= 0.3 is 5.97 Å². The topological polar surface area (TPSA) is 54.8 Å². The van der Waals surface area contributed by atoms with Gasteiger partial charge in [0.15, 0.2) is 0 Å². The lowest BCUT2D eigenvalue weighted by atomic mass is 10.1. The van der Waals surface area contributed by atoms with Gasteiger partial charge in [0.05, 0.1) is 11.2 Å². The van der Waals surface area contributed by atoms with Crippen LogP contribution >= 0.6 is 0 Å². The summed E-state index contributed by atoms with van der Waals surface area (Å²) in [5.74, 6) is -1.62. The summed E-state index contributed by atoms with van der Waals surface area (Å²) < 4.78 is 35.5. The molecule has 0 spiro atoms. The molecule has 0 amide bonds. The van der Waals surface area contributed by atoms with E-state index in [1.165, 1.54) is 30.3 Å². The average molecular weight is 468 g/mol. The molecule has 178 valence electrons. The largest absolute Gasteiger partial charge is 0.457 e. The van der Waals surface area contributed by atoms with Gasteiger partial charge in [-0.2, -0.15) is 0 Å². The molecule has 0 atom stereocenters. The molecule has 1 saturated heterocycles. The van der Waals surface area contributed by atoms with E-state index >= 15 is 4.39 Å². The number of hydrogen-bond acceptors (Lipinski definition) is 5. The number of carbonyl (C=O) groups excluding carboxylic acids is 1. The van der Waals surface area contributed by atoms with Crippen LogP contribution in [0.4, 0.5) is 14.5 Å². The summed E-state index contributed by atoms with van der Waals surface area (Å²) in [5, 5.41) is 0.177. The van der Waals surface area contributed by atoms with Crippen molar-refractivity contribution >= 4 is 22.6 Å². The van der Waals surface area contributed by atoms with Gasteiger partial charge in [-0.05, 0) is 49.2 Å². The van der Waals surface area contributed by atoms with E-state index in [1.54, 1.807) is 12.3 Å². The molecule has 5 rings (SSSR count). The zero-order valence-electron chi connectivity index (χ0n) is 19.1. The molecular weight excluding hydrogens is 440 g/mol. The zero-order chi connectivity index (χ0) is 23.8. The van der Waals surface area contributed by atoms with Crippen molar-refractivity contribution in [2.24, 2.45) is 0 Å². The SMILES string of the molecule is CCN1CCN(c2cc3c(cc2F)c(=O)c(C(=O)OCc2ccc(F)cc2)cn3C2CC2)CC1. The molecule has 34 heavy (non-hydrogen) atoms. The number of fused-ring (bicyclic) bond motifs is 1. The highest BCUT2D eigenvalue weighted by Gasteiger charge is 2.29. The van der Waals surface area contributed by atoms with Crippen LogP contribution in [0, 0.1) is 11.6 Å². The first-order valence-corrected chi connectivity index (χ1v) is 11.7. The maximum Gasteiger partial charge on any atom is 0.343 e. The van der Waals surface area contributed by atoms with Gasteiger partial charge in [0.1, 0.15) is 23.8 Å². The minimum absolute atomic E-state index is 0.0863. The average Bonchev–Trinajstić information content (AvgIpc) is 3.69. The first kappa shape index (κ1) is 22.5. The molecule has 2 heterocycles. The smallest absolute Gasteiger partial charge is 0.343 e. The third-order valence-electron chi connectivity index (χ3n) is 6.70. The summed E-state index contributed by atoms with van der Waals surface area (Å²) >= 11 is 0. The zero-order valence-corrected chi connectivity index (χ0v) is 19.1. The quantitative estimate of drug-likeness (QED) is 0.511. The van der Waals surface area contributed by atoms with Crippen LogP contribution in [0.25, 0.3) is 10.9 Å². The van der Waals surface area contributed by atoms with E-state index in [0.29, 0.717) is 16.8 Å². The van der Waals surface area contributed by atoms with Gasteiger partial charge < -0.3 is 19.1 Å². The molecule has 0 radical (unpaired) electrons. The van der Waals surface area contributed by atoms with Crippen molar-refractivity contribution in [3.8, 4) is 0 Å². The van der Waals surface area contributed by atoms with Crippen LogP contribution in [0.15, 0.2) is 47.4 Å². The highest BCUT2D eigenvalue weighted by atomic mass is 19.1. The number of rotatable bonds is 6. The number of pyridine rings is 1. The van der Waals surface area contributed by atoms with Crippen molar-refractivity contribution in [2.75, 3.05) is 37.6 Å². The van der Waals surface area contributed by atoms with Gasteiger partial charge in [0.2, 0.25) is 5.43 Å². The highest BCUT2D eigenvalue weighted by Crippen LogP contribution is 2.38. The Labute approximate surface area is 196 Å². The predicted molar refractivity (Wildman–Crippen MR) is 126 cm³/mol. The van der Waals surface area contributed by atoms with Crippen molar-refractivity contribution < 1.29 is 18.3 Å². The Morgan fingerprint density at radius 3 is 2.41 bits per heavy atom. The summed E-state index contributed by atoms with van der Waals surface area (Å²) in [6.07, 6.45) is 3.42. The molecule has 0 N–H and O–H groups in total. The molecule has 1 aromatic heterocycles. The molecular formula is C26H27F2N3O3. The number of ether oxygens (including phenoxy) is 1. The van der Waals surface area contributed by atoms with Gasteiger partial charge in [-0.1, -0.05) is 19.1 Å². The van der Waals surface area contributed by atoms with Crippen LogP contribution in [0.2, 0.25) is 0 Å². The first-order chi connectivity index (χ1) is 16.4. The fourth-order valence-electron chi connectivity index (χ4n) is 4.51. The van der Waals surface area contributed by atoms with Crippen molar-refractivity contribution in [3.05, 3.63) is 75.6 Å². The van der Waals surface area contributed by atoms with Gasteiger partial charge in [0.25, 0.3) is 0 Å². The van der Waals surface area contributed by atoms with Crippen LogP contribution in [-0.4, -0.2) is 48.2 Å². The van der Waals surface area contributed by atoms with E-state index in [4.69, 9.17) is 4.74 Å². The molecule has 1 aliphatic heterocycles. The lowest BCUT2D eigenvalue weighted by Gasteiger charge is -2.35. The van der Waals surface area contributed by atoms with Crippen molar-refractivity contribution in [2.45, 2.75) is 32.4 Å². The van der Waals surface area contributed by atoms with Crippen LogP contribution < -0.4 is 10.3 Å². The Kier molecular flexibility index (Phi) is 6.08. The summed E-state index contributed by atoms with van der Waals surface area (Å²) in [5.41, 5.74) is 1.07. The van der Waals surface area contributed by atoms with Gasteiger partial charge in [-0.3, -0.25) is 4.79 Å². The standard InChI is InChI=1S/C26H27F2N3O3/c1-2-29-9-11-30(12-10-29)24-14-23-20(13-22(24)28)25(32)21(15-31(23)19-7-8-19)26(33)34-16-17-3-5-18(27)6-4-17/h3-6,13-15,19H,2,7-12,16H2,1H3. The molecule has 0 bridgehead atoms. The number of halogens is 2. The Morgan fingerprint density at radius 2 is 1.76 bits per heavy atom. The number of piperazine rings is 1. The monoisotopic (exact) mass is 467 g/mol. The molecule has 1 saturated carbocycles. The van der Waals surface area contributed by atoms with Gasteiger partial charge in [-0.25, -0.2) is 13.6 Å². The second kappa shape index (κ2) is 9.18. The van der Waals surface area contributed by atoms with Crippen molar-refractivity contribution in [3.63, 3.8) is 0 Å². The van der Waals surface area contributed by atoms with Gasteiger partial charge in [0, 0.05) is 43.8 Å². The van der Waals surface area contributed by atoms with Crippen molar-refractivity contribution in [1.82, 2.24) is 9.47 Å². The van der Waals surface area contributed by atoms with E-state index in [2.05, 4.69) is 11.8 Å². The van der Waals surface area contributed by atoms with E-state index in [0.717, 1.165) is 45.6 Å². The number of benzene rings is 2. The lowest BCUT2D eigenvalue weighted by molar-refractivity contribution is 0.0470. The molecule has 3 aromatic rings. The van der Waals surface area contributed by atoms with Crippen molar-refractivity contribution in [1.29, 1.82) is 0 Å². The molecule has 2 aliphatic rings. The Bertz CT molecular complexity index is 1280. The normalized spacial score (nSPS) is 16.7. The lowest BCUT2D eigenvalue weighted by Crippen LogP contribution is -2.46. The Hall–Kier alpha value is -3.26. The van der Waals surface area contributed by atoms with Gasteiger partial charge in [-0.15, -0.1) is 0 Å². The third kappa shape index (κ3) is 4.42. The number of nitrogens with zero attached hydrogens (tertiary/aromatic N) is 3. The third-order valence-corrected chi connectivity index (χ3v) is 6.70. The molecule has 8 heteroatoms. The van der Waals surface area contributed by atoms with E-state index in [9.17, 15) is 14.0 Å². The maximum atomic E-state index is 15.2. The number of aromatic nitrogens is 1. The van der Waals surface area contributed by atoms with E-state index < -0.39 is 17.2 Å². The minimum Gasteiger partial charge on any atom is -0.457 e. The molecule has 0 unspecified atom stereocenters. The maximum absolute atomic E-state index is 15.2. The summed E-state index contributed by atoms with van der Waals surface area (Å²) in [7, 11) is 0. The summed E-state index contributed by atoms with van der Waals surface area (Å²) in [4.78, 5) is 30.3. The van der Waals surface area contributed by atoms with Crippen LogP contribution in [0.5, 0.6) is 0 Å². The predicted octanol–water partition coefficient (Wildman–Crippen LogP) is 4.11. The number of anilines is 1. The summed E-state index contributed by atoms with van der Waals surface area (Å²) in [6.45, 7) is 6.16. The Balaban J connectivity index is 1.47. The fourth-order valence-corrected chi connectivity index (χ4v) is 4.51. The second-order valence-corrected chi connectivity index (χ2v) is 8.96. The number of hydrogen-bond donors (Lipinski definition) is 0.